The molecule has 3 aromatic rings. The van der Waals surface area contributed by atoms with E-state index in [1.807, 2.05) is 24.3 Å². The van der Waals surface area contributed by atoms with Crippen LogP contribution < -0.4 is 25.2 Å². The van der Waals surface area contributed by atoms with Gasteiger partial charge in [0.2, 0.25) is 11.8 Å². The molecule has 0 amide bonds. The predicted molar refractivity (Wildman–Crippen MR) is 157 cm³/mol. The lowest BCUT2D eigenvalue weighted by Crippen LogP contribution is -2.47. The van der Waals surface area contributed by atoms with Gasteiger partial charge in [-0.2, -0.15) is 9.97 Å². The van der Waals surface area contributed by atoms with Gasteiger partial charge in [-0.3, -0.25) is 0 Å². The van der Waals surface area contributed by atoms with Crippen molar-refractivity contribution in [1.82, 2.24) is 15.3 Å². The van der Waals surface area contributed by atoms with Crippen molar-refractivity contribution >= 4 is 46.4 Å². The van der Waals surface area contributed by atoms with Crippen molar-refractivity contribution in [1.29, 1.82) is 0 Å². The fourth-order valence-electron chi connectivity index (χ4n) is 5.10. The summed E-state index contributed by atoms with van der Waals surface area (Å²) in [5.41, 5.74) is 2.38. The third-order valence-electron chi connectivity index (χ3n) is 7.34. The van der Waals surface area contributed by atoms with Crippen molar-refractivity contribution in [3.05, 3.63) is 71.2 Å². The monoisotopic (exact) mass is 552 g/mol. The Morgan fingerprint density at radius 1 is 1.00 bits per heavy atom. The van der Waals surface area contributed by atoms with Gasteiger partial charge in [-0.25, -0.2) is 0 Å². The maximum atomic E-state index is 6.14. The van der Waals surface area contributed by atoms with Gasteiger partial charge in [0.15, 0.2) is 5.11 Å². The highest BCUT2D eigenvalue weighted by Gasteiger charge is 2.34. The van der Waals surface area contributed by atoms with Gasteiger partial charge in [0.25, 0.3) is 0 Å². The van der Waals surface area contributed by atoms with Crippen molar-refractivity contribution < 1.29 is 9.47 Å². The first-order chi connectivity index (χ1) is 18.5. The van der Waals surface area contributed by atoms with Crippen LogP contribution in [0.2, 0.25) is 5.02 Å². The van der Waals surface area contributed by atoms with E-state index in [9.17, 15) is 0 Å². The summed E-state index contributed by atoms with van der Waals surface area (Å²) in [7, 11) is 1.61. The number of piperazine rings is 1. The van der Waals surface area contributed by atoms with E-state index in [4.69, 9.17) is 38.3 Å². The lowest BCUT2D eigenvalue weighted by Gasteiger charge is -2.38. The van der Waals surface area contributed by atoms with Gasteiger partial charge in [-0.1, -0.05) is 41.9 Å². The molecule has 8 nitrogen and oxygen atoms in total. The molecule has 0 saturated carbocycles. The minimum Gasteiger partial charge on any atom is -0.481 e. The van der Waals surface area contributed by atoms with Gasteiger partial charge < -0.3 is 29.9 Å². The zero-order valence-corrected chi connectivity index (χ0v) is 23.1. The van der Waals surface area contributed by atoms with Crippen LogP contribution in [0.4, 0.5) is 17.5 Å². The lowest BCUT2D eigenvalue weighted by molar-refractivity contribution is 0.0515. The van der Waals surface area contributed by atoms with Crippen LogP contribution >= 0.6 is 23.8 Å². The summed E-state index contributed by atoms with van der Waals surface area (Å²) in [5, 5.41) is 7.78. The number of nitrogens with one attached hydrogen (secondary N) is 2. The molecule has 0 atom stereocenters. The minimum atomic E-state index is -0.0899. The van der Waals surface area contributed by atoms with Gasteiger partial charge >= 0.3 is 0 Å². The van der Waals surface area contributed by atoms with Gasteiger partial charge in [-0.15, -0.1) is 0 Å². The standard InChI is InChI=1S/C28H33ClN6O2S/c1-36-25-19-24(35-15-13-34(14-16-35)23-5-3-2-4-6-23)31-26(32-25)33-27(38)30-20-28(11-17-37-18-12-28)21-7-9-22(29)10-8-21/h2-10,19H,11-18,20H2,1H3,(H2,30,31,32,33,38). The molecule has 0 bridgehead atoms. The molecule has 5 rings (SSSR count). The average Bonchev–Trinajstić information content (AvgIpc) is 2.97. The van der Waals surface area contributed by atoms with E-state index in [0.29, 0.717) is 36.7 Å². The quantitative estimate of drug-likeness (QED) is 0.412. The van der Waals surface area contributed by atoms with Crippen molar-refractivity contribution in [2.24, 2.45) is 0 Å². The summed E-state index contributed by atoms with van der Waals surface area (Å²) in [6, 6.07) is 20.4. The normalized spacial score (nSPS) is 17.1. The molecule has 0 unspecified atom stereocenters. The third-order valence-corrected chi connectivity index (χ3v) is 7.84. The van der Waals surface area contributed by atoms with Gasteiger partial charge in [0, 0.05) is 68.1 Å². The molecule has 2 aliphatic heterocycles. The molecule has 2 N–H and O–H groups in total. The molecule has 38 heavy (non-hydrogen) atoms. The van der Waals surface area contributed by atoms with Crippen LogP contribution in [0.1, 0.15) is 18.4 Å². The molecule has 2 aliphatic rings. The number of methoxy groups -OCH3 is 1. The number of para-hydroxylation sites is 1. The molecule has 2 aromatic carbocycles. The van der Waals surface area contributed by atoms with Gasteiger partial charge in [0.05, 0.1) is 7.11 Å². The Labute approximate surface area is 234 Å². The van der Waals surface area contributed by atoms with Crippen LogP contribution in [0.3, 0.4) is 0 Å². The second kappa shape index (κ2) is 12.1. The fourth-order valence-corrected chi connectivity index (χ4v) is 5.39. The second-order valence-corrected chi connectivity index (χ2v) is 10.5. The molecule has 200 valence electrons. The number of hydrogen-bond acceptors (Lipinski definition) is 7. The molecule has 2 saturated heterocycles. The van der Waals surface area contributed by atoms with Gasteiger partial charge in [-0.05, 0) is 54.9 Å². The first-order valence-electron chi connectivity index (χ1n) is 12.9. The zero-order valence-electron chi connectivity index (χ0n) is 21.5. The topological polar surface area (TPSA) is 74.8 Å². The average molecular weight is 553 g/mol. The first kappa shape index (κ1) is 26.5. The second-order valence-electron chi connectivity index (χ2n) is 9.61. The van der Waals surface area contributed by atoms with E-state index >= 15 is 0 Å². The summed E-state index contributed by atoms with van der Waals surface area (Å²) in [6.45, 7) is 5.62. The maximum absolute atomic E-state index is 6.14. The van der Waals surface area contributed by atoms with Crippen molar-refractivity contribution in [2.45, 2.75) is 18.3 Å². The SMILES string of the molecule is COc1cc(N2CCN(c3ccccc3)CC2)nc(NC(=S)NCC2(c3ccc(Cl)cc3)CCOCC2)n1. The maximum Gasteiger partial charge on any atom is 0.234 e. The smallest absolute Gasteiger partial charge is 0.234 e. The highest BCUT2D eigenvalue weighted by Crippen LogP contribution is 2.35. The van der Waals surface area contributed by atoms with E-state index in [0.717, 1.165) is 49.9 Å². The molecule has 1 aromatic heterocycles. The van der Waals surface area contributed by atoms with E-state index in [1.54, 1.807) is 7.11 Å². The van der Waals surface area contributed by atoms with Gasteiger partial charge in [0.1, 0.15) is 5.82 Å². The number of thiocarbonyl (C=S) groups is 1. The Morgan fingerprint density at radius 3 is 2.37 bits per heavy atom. The summed E-state index contributed by atoms with van der Waals surface area (Å²) < 4.78 is 11.1. The minimum absolute atomic E-state index is 0.0899. The number of ether oxygens (including phenoxy) is 2. The van der Waals surface area contributed by atoms with Crippen molar-refractivity contribution in [2.75, 3.05) is 68.2 Å². The summed E-state index contributed by atoms with van der Waals surface area (Å²) in [6.07, 6.45) is 1.80. The number of rotatable bonds is 7. The largest absolute Gasteiger partial charge is 0.481 e. The number of halogens is 1. The Bertz CT molecular complexity index is 1220. The third kappa shape index (κ3) is 6.28. The van der Waals surface area contributed by atoms with Crippen LogP contribution in [-0.4, -0.2) is 68.1 Å². The van der Waals surface area contributed by atoms with E-state index in [-0.39, 0.29) is 5.41 Å². The summed E-state index contributed by atoms with van der Waals surface area (Å²) >= 11 is 11.8. The highest BCUT2D eigenvalue weighted by atomic mass is 35.5. The van der Waals surface area contributed by atoms with Crippen molar-refractivity contribution in [3.8, 4) is 5.88 Å². The van der Waals surface area contributed by atoms with E-state index in [1.165, 1.54) is 11.3 Å². The molecular weight excluding hydrogens is 520 g/mol. The number of hydrogen-bond donors (Lipinski definition) is 2. The first-order valence-corrected chi connectivity index (χ1v) is 13.7. The number of nitrogens with zero attached hydrogens (tertiary/aromatic N) is 4. The Morgan fingerprint density at radius 2 is 1.68 bits per heavy atom. The number of aromatic nitrogens is 2. The zero-order chi connectivity index (χ0) is 26.4. The Kier molecular flexibility index (Phi) is 8.46. The molecule has 2 fully saturated rings. The molecule has 0 spiro atoms. The van der Waals surface area contributed by atoms with E-state index < -0.39 is 0 Å². The fraction of sp³-hybridized carbons (Fsp3) is 0.393. The van der Waals surface area contributed by atoms with E-state index in [2.05, 4.69) is 61.8 Å². The van der Waals surface area contributed by atoms with Crippen molar-refractivity contribution in [3.63, 3.8) is 0 Å². The Balaban J connectivity index is 1.23. The van der Waals surface area contributed by atoms with Crippen LogP contribution in [0, 0.1) is 0 Å². The van der Waals surface area contributed by atoms with Crippen LogP contribution in [0.25, 0.3) is 0 Å². The molecule has 0 radical (unpaired) electrons. The molecule has 3 heterocycles. The predicted octanol–water partition coefficient (Wildman–Crippen LogP) is 4.50. The lowest BCUT2D eigenvalue weighted by atomic mass is 9.74. The van der Waals surface area contributed by atoms with Crippen LogP contribution in [-0.2, 0) is 10.2 Å². The Hall–Kier alpha value is -3.14. The van der Waals surface area contributed by atoms with Crippen LogP contribution in [0.5, 0.6) is 5.88 Å². The molecular formula is C28H33ClN6O2S. The highest BCUT2D eigenvalue weighted by molar-refractivity contribution is 7.80. The molecule has 10 heteroatoms. The molecule has 0 aliphatic carbocycles. The number of benzene rings is 2. The van der Waals surface area contributed by atoms with Crippen LogP contribution in [0.15, 0.2) is 60.7 Å². The summed E-state index contributed by atoms with van der Waals surface area (Å²) in [4.78, 5) is 13.9. The number of anilines is 3. The summed E-state index contributed by atoms with van der Waals surface area (Å²) in [5.74, 6) is 1.72.